The summed E-state index contributed by atoms with van der Waals surface area (Å²) in [5.74, 6) is -0.304. The van der Waals surface area contributed by atoms with Crippen molar-refractivity contribution < 1.29 is 4.39 Å². The molecule has 0 N–H and O–H groups in total. The molecule has 2 aromatic rings. The van der Waals surface area contributed by atoms with Crippen molar-refractivity contribution in [2.45, 2.75) is 13.1 Å². The van der Waals surface area contributed by atoms with E-state index in [9.17, 15) is 4.39 Å². The summed E-state index contributed by atoms with van der Waals surface area (Å²) in [7, 11) is 1.96. The summed E-state index contributed by atoms with van der Waals surface area (Å²) in [6, 6.07) is 16.4. The molecule has 2 rings (SSSR count). The number of halogens is 1. The predicted molar refractivity (Wildman–Crippen MR) is 72.7 cm³/mol. The third kappa shape index (κ3) is 3.64. The predicted octanol–water partition coefficient (Wildman–Crippen LogP) is 3.33. The van der Waals surface area contributed by atoms with Crippen LogP contribution in [0.4, 0.5) is 4.39 Å². The van der Waals surface area contributed by atoms with Gasteiger partial charge in [0.25, 0.3) is 0 Å². The van der Waals surface area contributed by atoms with E-state index in [0.29, 0.717) is 12.1 Å². The molecule has 0 spiro atoms. The van der Waals surface area contributed by atoms with Crippen molar-refractivity contribution in [3.8, 4) is 6.07 Å². The van der Waals surface area contributed by atoms with Gasteiger partial charge in [0.2, 0.25) is 0 Å². The minimum absolute atomic E-state index is 0.304. The van der Waals surface area contributed by atoms with Crippen molar-refractivity contribution >= 4 is 0 Å². The molecule has 0 aliphatic carbocycles. The molecule has 0 saturated carbocycles. The maximum absolute atomic E-state index is 13.2. The molecule has 0 aromatic heterocycles. The lowest BCUT2D eigenvalue weighted by molar-refractivity contribution is 0.318. The number of rotatable bonds is 4. The molecule has 2 nitrogen and oxygen atoms in total. The molecule has 0 heterocycles. The van der Waals surface area contributed by atoms with Gasteiger partial charge in [-0.1, -0.05) is 30.3 Å². The van der Waals surface area contributed by atoms with E-state index in [4.69, 9.17) is 5.26 Å². The lowest BCUT2D eigenvalue weighted by Gasteiger charge is -2.17. The number of nitrogens with zero attached hydrogens (tertiary/aromatic N) is 2. The average molecular weight is 254 g/mol. The molecule has 96 valence electrons. The zero-order valence-corrected chi connectivity index (χ0v) is 10.8. The highest BCUT2D eigenvalue weighted by Gasteiger charge is 2.07. The SMILES string of the molecule is CN(Cc1ccccc1)Cc1cc(F)ccc1C#N. The molecule has 0 aliphatic rings. The Bertz CT molecular complexity index is 587. The highest BCUT2D eigenvalue weighted by molar-refractivity contribution is 5.37. The van der Waals surface area contributed by atoms with Crippen LogP contribution in [0.25, 0.3) is 0 Å². The molecule has 0 saturated heterocycles. The van der Waals surface area contributed by atoms with Gasteiger partial charge in [-0.2, -0.15) is 5.26 Å². The van der Waals surface area contributed by atoms with E-state index >= 15 is 0 Å². The van der Waals surface area contributed by atoms with Crippen molar-refractivity contribution in [2.24, 2.45) is 0 Å². The fraction of sp³-hybridized carbons (Fsp3) is 0.188. The Hall–Kier alpha value is -2.18. The molecule has 0 fully saturated rings. The van der Waals surface area contributed by atoms with Crippen molar-refractivity contribution in [1.29, 1.82) is 5.26 Å². The second-order valence-electron chi connectivity index (χ2n) is 4.57. The van der Waals surface area contributed by atoms with Crippen LogP contribution in [0.3, 0.4) is 0 Å². The maximum atomic E-state index is 13.2. The van der Waals surface area contributed by atoms with Crippen molar-refractivity contribution in [3.63, 3.8) is 0 Å². The Balaban J connectivity index is 2.09. The maximum Gasteiger partial charge on any atom is 0.123 e. The van der Waals surface area contributed by atoms with E-state index in [-0.39, 0.29) is 5.82 Å². The molecule has 0 unspecified atom stereocenters. The van der Waals surface area contributed by atoms with Gasteiger partial charge in [-0.15, -0.1) is 0 Å². The Morgan fingerprint density at radius 3 is 2.53 bits per heavy atom. The molecule has 0 bridgehead atoms. The summed E-state index contributed by atoms with van der Waals surface area (Å²) in [4.78, 5) is 2.06. The Morgan fingerprint density at radius 2 is 1.84 bits per heavy atom. The van der Waals surface area contributed by atoms with Gasteiger partial charge >= 0.3 is 0 Å². The van der Waals surface area contributed by atoms with E-state index in [2.05, 4.69) is 11.0 Å². The highest BCUT2D eigenvalue weighted by atomic mass is 19.1. The first-order valence-electron chi connectivity index (χ1n) is 6.10. The van der Waals surface area contributed by atoms with E-state index in [1.807, 2.05) is 37.4 Å². The molecular formula is C16H15FN2. The summed E-state index contributed by atoms with van der Waals surface area (Å²) >= 11 is 0. The van der Waals surface area contributed by atoms with E-state index in [1.165, 1.54) is 23.8 Å². The van der Waals surface area contributed by atoms with Crippen LogP contribution < -0.4 is 0 Å². The number of nitriles is 1. The lowest BCUT2D eigenvalue weighted by atomic mass is 10.1. The standard InChI is InChI=1S/C16H15FN2/c1-19(11-13-5-3-2-4-6-13)12-15-9-16(17)8-7-14(15)10-18/h2-9H,11-12H2,1H3. The fourth-order valence-corrected chi connectivity index (χ4v) is 2.04. The topological polar surface area (TPSA) is 27.0 Å². The van der Waals surface area contributed by atoms with E-state index in [0.717, 1.165) is 12.1 Å². The second kappa shape index (κ2) is 6.12. The molecule has 0 radical (unpaired) electrons. The minimum atomic E-state index is -0.304. The van der Waals surface area contributed by atoms with Gasteiger partial charge in [0.1, 0.15) is 5.82 Å². The summed E-state index contributed by atoms with van der Waals surface area (Å²) in [6.45, 7) is 1.32. The van der Waals surface area contributed by atoms with Crippen molar-refractivity contribution in [2.75, 3.05) is 7.05 Å². The largest absolute Gasteiger partial charge is 0.298 e. The Morgan fingerprint density at radius 1 is 1.11 bits per heavy atom. The zero-order chi connectivity index (χ0) is 13.7. The van der Waals surface area contributed by atoms with Gasteiger partial charge in [-0.3, -0.25) is 4.90 Å². The van der Waals surface area contributed by atoms with Crippen LogP contribution in [0.2, 0.25) is 0 Å². The lowest BCUT2D eigenvalue weighted by Crippen LogP contribution is -2.18. The Labute approximate surface area is 112 Å². The minimum Gasteiger partial charge on any atom is -0.298 e. The summed E-state index contributed by atoms with van der Waals surface area (Å²) in [5.41, 5.74) is 2.45. The van der Waals surface area contributed by atoms with Crippen LogP contribution in [0, 0.1) is 17.1 Å². The smallest absolute Gasteiger partial charge is 0.123 e. The summed E-state index contributed by atoms with van der Waals surface area (Å²) in [6.07, 6.45) is 0. The van der Waals surface area contributed by atoms with Crippen molar-refractivity contribution in [1.82, 2.24) is 4.90 Å². The Kier molecular flexibility index (Phi) is 4.27. The fourth-order valence-electron chi connectivity index (χ4n) is 2.04. The van der Waals surface area contributed by atoms with Gasteiger partial charge in [0.05, 0.1) is 11.6 Å². The molecule has 3 heteroatoms. The molecule has 0 aliphatic heterocycles. The van der Waals surface area contributed by atoms with Crippen LogP contribution in [0.5, 0.6) is 0 Å². The first-order valence-corrected chi connectivity index (χ1v) is 6.10. The zero-order valence-electron chi connectivity index (χ0n) is 10.8. The first-order chi connectivity index (χ1) is 9.19. The molecule has 19 heavy (non-hydrogen) atoms. The van der Waals surface area contributed by atoms with Crippen LogP contribution in [0.1, 0.15) is 16.7 Å². The average Bonchev–Trinajstić information content (AvgIpc) is 2.40. The molecule has 0 amide bonds. The second-order valence-corrected chi connectivity index (χ2v) is 4.57. The van der Waals surface area contributed by atoms with Gasteiger partial charge < -0.3 is 0 Å². The van der Waals surface area contributed by atoms with Crippen LogP contribution in [-0.4, -0.2) is 11.9 Å². The monoisotopic (exact) mass is 254 g/mol. The molecule has 2 aromatic carbocycles. The quantitative estimate of drug-likeness (QED) is 0.836. The summed E-state index contributed by atoms with van der Waals surface area (Å²) in [5, 5.41) is 9.02. The molecule has 0 atom stereocenters. The van der Waals surface area contributed by atoms with Crippen LogP contribution in [-0.2, 0) is 13.1 Å². The summed E-state index contributed by atoms with van der Waals surface area (Å²) < 4.78 is 13.2. The van der Waals surface area contributed by atoms with E-state index < -0.39 is 0 Å². The number of hydrogen-bond acceptors (Lipinski definition) is 2. The van der Waals surface area contributed by atoms with Crippen LogP contribution >= 0.6 is 0 Å². The van der Waals surface area contributed by atoms with Crippen molar-refractivity contribution in [3.05, 3.63) is 71.0 Å². The normalized spacial score (nSPS) is 10.4. The highest BCUT2D eigenvalue weighted by Crippen LogP contribution is 2.14. The number of benzene rings is 2. The first kappa shape index (κ1) is 13.3. The third-order valence-electron chi connectivity index (χ3n) is 2.92. The van der Waals surface area contributed by atoms with Gasteiger partial charge in [-0.25, -0.2) is 4.39 Å². The molecular weight excluding hydrogens is 239 g/mol. The third-order valence-corrected chi connectivity index (χ3v) is 2.92. The van der Waals surface area contributed by atoms with Gasteiger partial charge in [0.15, 0.2) is 0 Å². The van der Waals surface area contributed by atoms with Crippen LogP contribution in [0.15, 0.2) is 48.5 Å². The number of hydrogen-bond donors (Lipinski definition) is 0. The van der Waals surface area contributed by atoms with Gasteiger partial charge in [0, 0.05) is 13.1 Å². The van der Waals surface area contributed by atoms with Gasteiger partial charge in [-0.05, 0) is 36.4 Å². The van der Waals surface area contributed by atoms with E-state index in [1.54, 1.807) is 0 Å².